The van der Waals surface area contributed by atoms with Crippen LogP contribution in [-0.2, 0) is 22.6 Å². The molecule has 4 heteroatoms. The van der Waals surface area contributed by atoms with Crippen molar-refractivity contribution < 1.29 is 9.53 Å². The molecule has 1 atom stereocenters. The molecule has 2 aromatic carbocycles. The highest BCUT2D eigenvalue weighted by molar-refractivity contribution is 5.85. The summed E-state index contributed by atoms with van der Waals surface area (Å²) in [6.45, 7) is 0.243. The Balaban J connectivity index is 1.66. The highest BCUT2D eigenvalue weighted by atomic mass is 16.5. The molecule has 3 rings (SSSR count). The molecule has 0 bridgehead atoms. The van der Waals surface area contributed by atoms with E-state index in [4.69, 9.17) is 10.5 Å². The van der Waals surface area contributed by atoms with Gasteiger partial charge < -0.3 is 10.5 Å². The maximum absolute atomic E-state index is 12.1. The number of rotatable bonds is 5. The molecule has 0 amide bonds. The minimum Gasteiger partial charge on any atom is -0.460 e. The molecule has 2 N–H and O–H groups in total. The fraction of sp³-hybridized carbons (Fsp3) is 0.158. The first-order valence-electron chi connectivity index (χ1n) is 7.52. The Kier molecular flexibility index (Phi) is 4.64. The Bertz CT molecular complexity index is 797. The maximum atomic E-state index is 12.1. The van der Waals surface area contributed by atoms with Gasteiger partial charge in [0.1, 0.15) is 12.6 Å². The predicted molar refractivity (Wildman–Crippen MR) is 89.7 cm³/mol. The molecule has 0 saturated heterocycles. The fourth-order valence-electron chi connectivity index (χ4n) is 2.52. The number of nitrogens with two attached hydrogens (primary N) is 1. The number of carbonyl (C=O) groups is 1. The minimum absolute atomic E-state index is 0.243. The molecular formula is C19H18N2O2. The number of nitrogens with zero attached hydrogens (tertiary/aromatic N) is 1. The molecule has 0 aliphatic rings. The van der Waals surface area contributed by atoms with Gasteiger partial charge in [-0.25, -0.2) is 0 Å². The zero-order chi connectivity index (χ0) is 16.1. The van der Waals surface area contributed by atoms with Gasteiger partial charge in [0.05, 0.1) is 0 Å². The molecule has 0 aliphatic heterocycles. The maximum Gasteiger partial charge on any atom is 0.323 e. The van der Waals surface area contributed by atoms with Crippen molar-refractivity contribution in [2.75, 3.05) is 0 Å². The van der Waals surface area contributed by atoms with Gasteiger partial charge in [-0.2, -0.15) is 0 Å². The summed E-state index contributed by atoms with van der Waals surface area (Å²) in [6, 6.07) is 16.7. The topological polar surface area (TPSA) is 65.2 Å². The van der Waals surface area contributed by atoms with Crippen molar-refractivity contribution in [2.45, 2.75) is 19.1 Å². The zero-order valence-corrected chi connectivity index (χ0v) is 12.7. The molecule has 0 aliphatic carbocycles. The van der Waals surface area contributed by atoms with Gasteiger partial charge in [0.2, 0.25) is 0 Å². The van der Waals surface area contributed by atoms with Crippen LogP contribution in [0.3, 0.4) is 0 Å². The Morgan fingerprint density at radius 2 is 1.91 bits per heavy atom. The van der Waals surface area contributed by atoms with Crippen LogP contribution in [0.1, 0.15) is 11.1 Å². The van der Waals surface area contributed by atoms with E-state index in [0.29, 0.717) is 6.42 Å². The van der Waals surface area contributed by atoms with Crippen LogP contribution in [-0.4, -0.2) is 17.0 Å². The van der Waals surface area contributed by atoms with Gasteiger partial charge >= 0.3 is 5.97 Å². The summed E-state index contributed by atoms with van der Waals surface area (Å²) in [5.74, 6) is -0.389. The third-order valence-corrected chi connectivity index (χ3v) is 3.74. The van der Waals surface area contributed by atoms with Crippen molar-refractivity contribution in [3.05, 3.63) is 78.1 Å². The second-order valence-corrected chi connectivity index (χ2v) is 5.42. The summed E-state index contributed by atoms with van der Waals surface area (Å²) < 4.78 is 5.30. The minimum atomic E-state index is -0.683. The summed E-state index contributed by atoms with van der Waals surface area (Å²) >= 11 is 0. The highest BCUT2D eigenvalue weighted by Crippen LogP contribution is 2.18. The largest absolute Gasteiger partial charge is 0.460 e. The summed E-state index contributed by atoms with van der Waals surface area (Å²) in [4.78, 5) is 16.2. The molecule has 0 spiro atoms. The molecule has 1 aromatic heterocycles. The first kappa shape index (κ1) is 15.2. The highest BCUT2D eigenvalue weighted by Gasteiger charge is 2.17. The van der Waals surface area contributed by atoms with Gasteiger partial charge in [-0.05, 0) is 29.0 Å². The van der Waals surface area contributed by atoms with Crippen LogP contribution in [0, 0.1) is 0 Å². The van der Waals surface area contributed by atoms with Crippen LogP contribution >= 0.6 is 0 Å². The summed E-state index contributed by atoms with van der Waals surface area (Å²) in [6.07, 6.45) is 3.98. The SMILES string of the molecule is N[C@@H](Cc1cccc2cnccc12)C(=O)OCc1ccccc1. The van der Waals surface area contributed by atoms with Gasteiger partial charge in [0.15, 0.2) is 0 Å². The molecule has 116 valence electrons. The Morgan fingerprint density at radius 3 is 2.74 bits per heavy atom. The monoisotopic (exact) mass is 306 g/mol. The second kappa shape index (κ2) is 7.03. The van der Waals surface area contributed by atoms with Crippen LogP contribution in [0.15, 0.2) is 67.0 Å². The smallest absolute Gasteiger partial charge is 0.323 e. The third kappa shape index (κ3) is 3.73. The van der Waals surface area contributed by atoms with E-state index in [0.717, 1.165) is 21.9 Å². The standard InChI is InChI=1S/C19H18N2O2/c20-18(19(22)23-13-14-5-2-1-3-6-14)11-15-7-4-8-16-12-21-10-9-17(15)16/h1-10,12,18H,11,13,20H2/t18-/m0/s1. The first-order chi connectivity index (χ1) is 11.2. The predicted octanol–water partition coefficient (Wildman–Crippen LogP) is 2.85. The lowest BCUT2D eigenvalue weighted by Gasteiger charge is -2.13. The van der Waals surface area contributed by atoms with Crippen LogP contribution in [0.5, 0.6) is 0 Å². The van der Waals surface area contributed by atoms with Gasteiger partial charge in [0.25, 0.3) is 0 Å². The molecule has 0 unspecified atom stereocenters. The second-order valence-electron chi connectivity index (χ2n) is 5.42. The first-order valence-corrected chi connectivity index (χ1v) is 7.52. The van der Waals surface area contributed by atoms with Gasteiger partial charge in [-0.15, -0.1) is 0 Å². The van der Waals surface area contributed by atoms with Gasteiger partial charge in [-0.1, -0.05) is 48.5 Å². The average Bonchev–Trinajstić information content (AvgIpc) is 2.61. The van der Waals surface area contributed by atoms with Crippen LogP contribution < -0.4 is 5.73 Å². The number of hydrogen-bond acceptors (Lipinski definition) is 4. The van der Waals surface area contributed by atoms with E-state index in [9.17, 15) is 4.79 Å². The van der Waals surface area contributed by atoms with E-state index in [-0.39, 0.29) is 12.6 Å². The number of hydrogen-bond donors (Lipinski definition) is 1. The lowest BCUT2D eigenvalue weighted by molar-refractivity contribution is -0.146. The summed E-state index contributed by atoms with van der Waals surface area (Å²) in [5.41, 5.74) is 7.98. The van der Waals surface area contributed by atoms with Crippen molar-refractivity contribution in [3.8, 4) is 0 Å². The molecule has 0 radical (unpaired) electrons. The quantitative estimate of drug-likeness (QED) is 0.736. The zero-order valence-electron chi connectivity index (χ0n) is 12.7. The Labute approximate surface area is 134 Å². The normalized spacial score (nSPS) is 12.0. The third-order valence-electron chi connectivity index (χ3n) is 3.74. The number of aromatic nitrogens is 1. The van der Waals surface area contributed by atoms with Gasteiger partial charge in [0, 0.05) is 17.8 Å². The van der Waals surface area contributed by atoms with Crippen LogP contribution in [0.2, 0.25) is 0 Å². The number of carbonyl (C=O) groups excluding carboxylic acids is 1. The van der Waals surface area contributed by atoms with Crippen LogP contribution in [0.25, 0.3) is 10.8 Å². The summed E-state index contributed by atoms with van der Waals surface area (Å²) in [5, 5.41) is 2.10. The van der Waals surface area contributed by atoms with Crippen molar-refractivity contribution in [3.63, 3.8) is 0 Å². The number of fused-ring (bicyclic) bond motifs is 1. The number of pyridine rings is 1. The average molecular weight is 306 g/mol. The number of benzene rings is 2. The van der Waals surface area contributed by atoms with Crippen molar-refractivity contribution >= 4 is 16.7 Å². The number of esters is 1. The molecule has 23 heavy (non-hydrogen) atoms. The molecule has 4 nitrogen and oxygen atoms in total. The van der Waals surface area contributed by atoms with E-state index in [1.54, 1.807) is 12.4 Å². The Hall–Kier alpha value is -2.72. The lowest BCUT2D eigenvalue weighted by atomic mass is 10.0. The molecule has 0 saturated carbocycles. The molecule has 3 aromatic rings. The fourth-order valence-corrected chi connectivity index (χ4v) is 2.52. The Morgan fingerprint density at radius 1 is 1.09 bits per heavy atom. The van der Waals surface area contributed by atoms with Crippen molar-refractivity contribution in [1.29, 1.82) is 0 Å². The molecular weight excluding hydrogens is 288 g/mol. The van der Waals surface area contributed by atoms with E-state index in [1.807, 2.05) is 54.6 Å². The number of ether oxygens (including phenoxy) is 1. The van der Waals surface area contributed by atoms with E-state index in [1.165, 1.54) is 0 Å². The van der Waals surface area contributed by atoms with Crippen LogP contribution in [0.4, 0.5) is 0 Å². The molecule has 0 fully saturated rings. The van der Waals surface area contributed by atoms with Crippen molar-refractivity contribution in [1.82, 2.24) is 4.98 Å². The van der Waals surface area contributed by atoms with Crippen molar-refractivity contribution in [2.24, 2.45) is 5.73 Å². The lowest BCUT2D eigenvalue weighted by Crippen LogP contribution is -2.34. The van der Waals surface area contributed by atoms with E-state index >= 15 is 0 Å². The summed E-state index contributed by atoms with van der Waals surface area (Å²) in [7, 11) is 0. The van der Waals surface area contributed by atoms with Gasteiger partial charge in [-0.3, -0.25) is 9.78 Å². The van der Waals surface area contributed by atoms with E-state index < -0.39 is 6.04 Å². The molecule has 1 heterocycles. The van der Waals surface area contributed by atoms with E-state index in [2.05, 4.69) is 4.98 Å².